The molecule has 1 aromatic rings. The molecule has 0 radical (unpaired) electrons. The number of nitrogens with two attached hydrogens (primary N) is 1. The largest absolute Gasteiger partial charge is 0.409 e. The van der Waals surface area contributed by atoms with E-state index in [4.69, 9.17) is 10.9 Å². The van der Waals surface area contributed by atoms with Crippen molar-refractivity contribution in [1.29, 1.82) is 0 Å². The lowest BCUT2D eigenvalue weighted by Crippen LogP contribution is -2.23. The van der Waals surface area contributed by atoms with Crippen LogP contribution in [0.2, 0.25) is 0 Å². The maximum Gasteiger partial charge on any atom is 0.139 e. The number of anilines is 1. The van der Waals surface area contributed by atoms with E-state index < -0.39 is 0 Å². The highest BCUT2D eigenvalue weighted by Crippen LogP contribution is 2.48. The zero-order chi connectivity index (χ0) is 13.0. The van der Waals surface area contributed by atoms with Crippen molar-refractivity contribution in [1.82, 2.24) is 0 Å². The summed E-state index contributed by atoms with van der Waals surface area (Å²) in [7, 11) is 0. The van der Waals surface area contributed by atoms with Crippen LogP contribution < -0.4 is 11.1 Å². The van der Waals surface area contributed by atoms with Crippen LogP contribution in [0.3, 0.4) is 0 Å². The van der Waals surface area contributed by atoms with Crippen LogP contribution in [0.1, 0.15) is 19.3 Å². The number of amidine groups is 1. The van der Waals surface area contributed by atoms with Crippen molar-refractivity contribution in [2.45, 2.75) is 24.2 Å². The minimum atomic E-state index is 0.182. The van der Waals surface area contributed by atoms with E-state index >= 15 is 0 Å². The smallest absolute Gasteiger partial charge is 0.139 e. The van der Waals surface area contributed by atoms with Crippen LogP contribution in [0, 0.1) is 5.41 Å². The number of oxime groups is 1. The fraction of sp³-hybridized carbons (Fsp3) is 0.462. The topological polar surface area (TPSA) is 70.6 Å². The molecule has 0 bridgehead atoms. The number of hydrogen-bond donors (Lipinski definition) is 3. The lowest BCUT2D eigenvalue weighted by Gasteiger charge is -2.17. The van der Waals surface area contributed by atoms with E-state index in [-0.39, 0.29) is 5.41 Å². The van der Waals surface area contributed by atoms with Gasteiger partial charge in [-0.25, -0.2) is 0 Å². The lowest BCUT2D eigenvalue weighted by molar-refractivity contribution is 0.315. The van der Waals surface area contributed by atoms with Gasteiger partial charge in [0.15, 0.2) is 0 Å². The molecule has 0 aromatic heterocycles. The highest BCUT2D eigenvalue weighted by molar-refractivity contribution is 7.98. The Hall–Kier alpha value is -1.36. The van der Waals surface area contributed by atoms with Crippen molar-refractivity contribution in [3.63, 3.8) is 0 Å². The number of nitrogens with zero attached hydrogens (tertiary/aromatic N) is 1. The molecule has 0 atom stereocenters. The number of benzene rings is 1. The normalized spacial score (nSPS) is 17.5. The van der Waals surface area contributed by atoms with Gasteiger partial charge in [0.2, 0.25) is 0 Å². The Kier molecular flexibility index (Phi) is 4.01. The van der Waals surface area contributed by atoms with Gasteiger partial charge in [-0.05, 0) is 36.6 Å². The zero-order valence-electron chi connectivity index (χ0n) is 10.5. The van der Waals surface area contributed by atoms with Gasteiger partial charge >= 0.3 is 0 Å². The molecule has 98 valence electrons. The molecule has 0 aliphatic heterocycles. The van der Waals surface area contributed by atoms with E-state index in [1.807, 2.05) is 12.1 Å². The van der Waals surface area contributed by atoms with Gasteiger partial charge in [-0.1, -0.05) is 17.3 Å². The summed E-state index contributed by atoms with van der Waals surface area (Å²) >= 11 is 1.73. The van der Waals surface area contributed by atoms with Crippen molar-refractivity contribution < 1.29 is 5.21 Å². The Morgan fingerprint density at radius 1 is 1.50 bits per heavy atom. The van der Waals surface area contributed by atoms with Crippen LogP contribution in [0.25, 0.3) is 0 Å². The highest BCUT2D eigenvalue weighted by atomic mass is 32.2. The van der Waals surface area contributed by atoms with Gasteiger partial charge in [0.05, 0.1) is 0 Å². The van der Waals surface area contributed by atoms with Gasteiger partial charge in [0.1, 0.15) is 5.84 Å². The third kappa shape index (κ3) is 3.10. The first-order valence-corrected chi connectivity index (χ1v) is 7.25. The molecular formula is C13H19N3OS. The van der Waals surface area contributed by atoms with Crippen LogP contribution in [0.15, 0.2) is 34.3 Å². The number of thioether (sulfide) groups is 1. The van der Waals surface area contributed by atoms with Gasteiger partial charge in [-0.15, -0.1) is 11.8 Å². The second-order valence-corrected chi connectivity index (χ2v) is 5.67. The van der Waals surface area contributed by atoms with Gasteiger partial charge < -0.3 is 16.3 Å². The molecule has 1 aliphatic carbocycles. The van der Waals surface area contributed by atoms with E-state index in [0.717, 1.165) is 25.1 Å². The molecule has 0 heterocycles. The molecule has 4 N–H and O–H groups in total. The molecule has 0 saturated heterocycles. The fourth-order valence-electron chi connectivity index (χ4n) is 2.09. The number of hydrogen-bond acceptors (Lipinski definition) is 4. The maximum absolute atomic E-state index is 8.63. The Morgan fingerprint density at radius 3 is 2.83 bits per heavy atom. The summed E-state index contributed by atoms with van der Waals surface area (Å²) in [5.74, 6) is 0.326. The molecule has 1 aliphatic rings. The average Bonchev–Trinajstić information content (AvgIpc) is 3.16. The molecule has 1 fully saturated rings. The maximum atomic E-state index is 8.63. The van der Waals surface area contributed by atoms with Crippen molar-refractivity contribution in [2.75, 3.05) is 18.1 Å². The first-order valence-electron chi connectivity index (χ1n) is 6.02. The molecule has 1 aromatic carbocycles. The second kappa shape index (κ2) is 5.52. The van der Waals surface area contributed by atoms with Crippen LogP contribution in [0.5, 0.6) is 0 Å². The van der Waals surface area contributed by atoms with E-state index in [1.54, 1.807) is 11.8 Å². The highest BCUT2D eigenvalue weighted by Gasteiger charge is 2.43. The van der Waals surface area contributed by atoms with E-state index in [0.29, 0.717) is 12.3 Å². The molecule has 18 heavy (non-hydrogen) atoms. The Balaban J connectivity index is 1.95. The molecule has 4 nitrogen and oxygen atoms in total. The molecule has 0 spiro atoms. The van der Waals surface area contributed by atoms with Gasteiger partial charge in [0, 0.05) is 23.5 Å². The standard InChI is InChI=1S/C13H19N3OS/c1-18-11-5-3-2-4-10(11)15-9-13(6-7-13)8-12(14)16-17/h2-5,15,17H,6-9H2,1H3,(H2,14,16). The molecule has 0 amide bonds. The van der Waals surface area contributed by atoms with Gasteiger partial charge in [-0.2, -0.15) is 0 Å². The fourth-order valence-corrected chi connectivity index (χ4v) is 2.66. The predicted octanol–water partition coefficient (Wildman–Crippen LogP) is 2.74. The molecule has 0 unspecified atom stereocenters. The zero-order valence-corrected chi connectivity index (χ0v) is 11.3. The molecule has 1 saturated carbocycles. The summed E-state index contributed by atoms with van der Waals surface area (Å²) in [6.07, 6.45) is 5.01. The third-order valence-electron chi connectivity index (χ3n) is 3.40. The molecule has 2 rings (SSSR count). The Morgan fingerprint density at radius 2 is 2.22 bits per heavy atom. The number of para-hydroxylation sites is 1. The summed E-state index contributed by atoms with van der Waals surface area (Å²) in [5.41, 5.74) is 6.94. The lowest BCUT2D eigenvalue weighted by atomic mass is 10.0. The first-order chi connectivity index (χ1) is 8.69. The van der Waals surface area contributed by atoms with Crippen LogP contribution >= 0.6 is 11.8 Å². The summed E-state index contributed by atoms with van der Waals surface area (Å²) in [6.45, 7) is 0.876. The van der Waals surface area contributed by atoms with E-state index in [2.05, 4.69) is 28.9 Å². The first kappa shape index (κ1) is 13.1. The van der Waals surface area contributed by atoms with Gasteiger partial charge in [-0.3, -0.25) is 0 Å². The second-order valence-electron chi connectivity index (χ2n) is 4.82. The molecule has 5 heteroatoms. The minimum Gasteiger partial charge on any atom is -0.409 e. The van der Waals surface area contributed by atoms with Crippen molar-refractivity contribution >= 4 is 23.3 Å². The van der Waals surface area contributed by atoms with Crippen molar-refractivity contribution in [3.8, 4) is 0 Å². The monoisotopic (exact) mass is 265 g/mol. The van der Waals surface area contributed by atoms with Crippen LogP contribution in [-0.2, 0) is 0 Å². The number of nitrogens with one attached hydrogen (secondary N) is 1. The van der Waals surface area contributed by atoms with Crippen LogP contribution in [0.4, 0.5) is 5.69 Å². The van der Waals surface area contributed by atoms with Crippen molar-refractivity contribution in [3.05, 3.63) is 24.3 Å². The summed E-state index contributed by atoms with van der Waals surface area (Å²) in [6, 6.07) is 8.27. The summed E-state index contributed by atoms with van der Waals surface area (Å²) in [4.78, 5) is 1.25. The minimum absolute atomic E-state index is 0.182. The average molecular weight is 265 g/mol. The number of rotatable bonds is 6. The quantitative estimate of drug-likeness (QED) is 0.243. The van der Waals surface area contributed by atoms with E-state index in [9.17, 15) is 0 Å². The van der Waals surface area contributed by atoms with Crippen LogP contribution in [-0.4, -0.2) is 23.8 Å². The predicted molar refractivity (Wildman–Crippen MR) is 76.4 cm³/mol. The Bertz CT molecular complexity index is 444. The van der Waals surface area contributed by atoms with Crippen molar-refractivity contribution in [2.24, 2.45) is 16.3 Å². The summed E-state index contributed by atoms with van der Waals surface area (Å²) < 4.78 is 0. The van der Waals surface area contributed by atoms with Gasteiger partial charge in [0.25, 0.3) is 0 Å². The summed E-state index contributed by atoms with van der Waals surface area (Å²) in [5, 5.41) is 15.2. The SMILES string of the molecule is CSc1ccccc1NCC1(C/C(N)=N/O)CC1. The molecular weight excluding hydrogens is 246 g/mol. The third-order valence-corrected chi connectivity index (χ3v) is 4.20. The Labute approximate surface area is 112 Å². The van der Waals surface area contributed by atoms with E-state index in [1.165, 1.54) is 4.90 Å².